The third-order valence-electron chi connectivity index (χ3n) is 3.76. The van der Waals surface area contributed by atoms with E-state index in [9.17, 15) is 18.0 Å². The molecule has 3 N–H and O–H groups in total. The average Bonchev–Trinajstić information content (AvgIpc) is 2.62. The highest BCUT2D eigenvalue weighted by Gasteiger charge is 2.15. The van der Waals surface area contributed by atoms with E-state index in [4.69, 9.17) is 0 Å². The zero-order chi connectivity index (χ0) is 20.7. The maximum atomic E-state index is 12.4. The van der Waals surface area contributed by atoms with E-state index in [1.807, 2.05) is 13.8 Å². The lowest BCUT2D eigenvalue weighted by molar-refractivity contribution is -0.116. The number of nitrogens with one attached hydrogen (secondary N) is 3. The van der Waals surface area contributed by atoms with Crippen LogP contribution in [0.15, 0.2) is 53.4 Å². The van der Waals surface area contributed by atoms with Gasteiger partial charge in [0.15, 0.2) is 0 Å². The van der Waals surface area contributed by atoms with Crippen LogP contribution in [-0.4, -0.2) is 26.8 Å². The van der Waals surface area contributed by atoms with Crippen molar-refractivity contribution < 1.29 is 18.0 Å². The Labute approximate surface area is 165 Å². The highest BCUT2D eigenvalue weighted by Crippen LogP contribution is 2.17. The molecule has 8 heteroatoms. The van der Waals surface area contributed by atoms with Crippen LogP contribution in [0.2, 0.25) is 0 Å². The number of sulfonamides is 1. The van der Waals surface area contributed by atoms with Gasteiger partial charge < -0.3 is 10.6 Å². The molecule has 0 unspecified atom stereocenters. The highest BCUT2D eigenvalue weighted by molar-refractivity contribution is 7.89. The molecule has 2 aromatic carbocycles. The van der Waals surface area contributed by atoms with Crippen molar-refractivity contribution in [1.29, 1.82) is 0 Å². The molecule has 7 nitrogen and oxygen atoms in total. The van der Waals surface area contributed by atoms with Crippen molar-refractivity contribution in [3.05, 3.63) is 54.1 Å². The Bertz CT molecular complexity index is 938. The van der Waals surface area contributed by atoms with Gasteiger partial charge in [-0.2, -0.15) is 0 Å². The van der Waals surface area contributed by atoms with Crippen LogP contribution < -0.4 is 15.4 Å². The highest BCUT2D eigenvalue weighted by atomic mass is 32.2. The summed E-state index contributed by atoms with van der Waals surface area (Å²) in [4.78, 5) is 24.3. The summed E-state index contributed by atoms with van der Waals surface area (Å²) in [5.41, 5.74) is 1.41. The first kappa shape index (κ1) is 21.6. The molecular weight excluding hydrogens is 378 g/mol. The van der Waals surface area contributed by atoms with Gasteiger partial charge >= 0.3 is 0 Å². The largest absolute Gasteiger partial charge is 0.326 e. The summed E-state index contributed by atoms with van der Waals surface area (Å²) >= 11 is 0. The third kappa shape index (κ3) is 6.17. The summed E-state index contributed by atoms with van der Waals surface area (Å²) in [6.45, 7) is 5.88. The van der Waals surface area contributed by atoms with Gasteiger partial charge in [-0.15, -0.1) is 0 Å². The minimum absolute atomic E-state index is 0.0326. The number of hydrogen-bond donors (Lipinski definition) is 3. The third-order valence-corrected chi connectivity index (χ3v) is 5.30. The van der Waals surface area contributed by atoms with Crippen molar-refractivity contribution in [3.63, 3.8) is 0 Å². The molecule has 0 aromatic heterocycles. The van der Waals surface area contributed by atoms with E-state index in [1.54, 1.807) is 37.3 Å². The summed E-state index contributed by atoms with van der Waals surface area (Å²) in [5, 5.41) is 5.51. The molecule has 0 fully saturated rings. The Hall–Kier alpha value is -2.71. The average molecular weight is 404 g/mol. The standard InChI is InChI=1S/C20H25N3O4S/c1-4-21-28(26,27)18-7-5-6-15(13-18)20(25)23-17-10-8-16(9-11-17)22-19(24)12-14(2)3/h5-11,13-14,21H,4,12H2,1-3H3,(H,22,24)(H,23,25). The van der Waals surface area contributed by atoms with Crippen LogP contribution in [-0.2, 0) is 14.8 Å². The topological polar surface area (TPSA) is 104 Å². The SMILES string of the molecule is CCNS(=O)(=O)c1cccc(C(=O)Nc2ccc(NC(=O)CC(C)C)cc2)c1. The summed E-state index contributed by atoms with van der Waals surface area (Å²) in [5.74, 6) is -0.221. The molecule has 2 amide bonds. The van der Waals surface area contributed by atoms with Crippen molar-refractivity contribution in [3.8, 4) is 0 Å². The number of hydrogen-bond acceptors (Lipinski definition) is 4. The van der Waals surface area contributed by atoms with E-state index in [-0.39, 0.29) is 28.8 Å². The molecule has 2 aromatic rings. The molecule has 0 bridgehead atoms. The molecule has 0 atom stereocenters. The van der Waals surface area contributed by atoms with Gasteiger partial charge in [-0.25, -0.2) is 13.1 Å². The molecular formula is C20H25N3O4S. The maximum absolute atomic E-state index is 12.4. The first-order valence-corrected chi connectivity index (χ1v) is 10.5. The van der Waals surface area contributed by atoms with Gasteiger partial charge in [-0.1, -0.05) is 26.8 Å². The van der Waals surface area contributed by atoms with E-state index in [0.29, 0.717) is 17.8 Å². The minimum Gasteiger partial charge on any atom is -0.326 e. The van der Waals surface area contributed by atoms with Gasteiger partial charge in [0.05, 0.1) is 4.90 Å². The summed E-state index contributed by atoms with van der Waals surface area (Å²) in [7, 11) is -3.64. The van der Waals surface area contributed by atoms with E-state index >= 15 is 0 Å². The van der Waals surface area contributed by atoms with E-state index in [2.05, 4.69) is 15.4 Å². The molecule has 0 aliphatic carbocycles. The van der Waals surface area contributed by atoms with E-state index in [0.717, 1.165) is 0 Å². The lowest BCUT2D eigenvalue weighted by atomic mass is 10.1. The smallest absolute Gasteiger partial charge is 0.255 e. The molecule has 0 saturated carbocycles. The second-order valence-electron chi connectivity index (χ2n) is 6.71. The summed E-state index contributed by atoms with van der Waals surface area (Å²) < 4.78 is 26.6. The van der Waals surface area contributed by atoms with Crippen LogP contribution in [0.1, 0.15) is 37.6 Å². The quantitative estimate of drug-likeness (QED) is 0.629. The van der Waals surface area contributed by atoms with Crippen LogP contribution in [0.4, 0.5) is 11.4 Å². The molecule has 2 rings (SSSR count). The van der Waals surface area contributed by atoms with Crippen LogP contribution >= 0.6 is 0 Å². The number of benzene rings is 2. The van der Waals surface area contributed by atoms with Crippen molar-refractivity contribution in [2.75, 3.05) is 17.2 Å². The zero-order valence-electron chi connectivity index (χ0n) is 16.2. The Morgan fingerprint density at radius 2 is 1.57 bits per heavy atom. The summed E-state index contributed by atoms with van der Waals surface area (Å²) in [6, 6.07) is 12.6. The molecule has 150 valence electrons. The number of rotatable bonds is 8. The van der Waals surface area contributed by atoms with Gasteiger partial charge in [0.2, 0.25) is 15.9 Å². The normalized spacial score (nSPS) is 11.3. The lowest BCUT2D eigenvalue weighted by Gasteiger charge is -2.10. The molecule has 0 heterocycles. The van der Waals surface area contributed by atoms with Crippen LogP contribution in [0, 0.1) is 5.92 Å². The molecule has 0 spiro atoms. The molecule has 28 heavy (non-hydrogen) atoms. The molecule has 0 radical (unpaired) electrons. The first-order valence-electron chi connectivity index (χ1n) is 9.02. The van der Waals surface area contributed by atoms with Gasteiger partial charge in [0.25, 0.3) is 5.91 Å². The number of carbonyl (C=O) groups excluding carboxylic acids is 2. The first-order chi connectivity index (χ1) is 13.2. The number of amides is 2. The van der Waals surface area contributed by atoms with Gasteiger partial charge in [0, 0.05) is 29.9 Å². The van der Waals surface area contributed by atoms with Crippen LogP contribution in [0.25, 0.3) is 0 Å². The Kier molecular flexibility index (Phi) is 7.31. The Morgan fingerprint density at radius 1 is 0.964 bits per heavy atom. The van der Waals surface area contributed by atoms with Crippen LogP contribution in [0.3, 0.4) is 0 Å². The van der Waals surface area contributed by atoms with Crippen LogP contribution in [0.5, 0.6) is 0 Å². The fourth-order valence-corrected chi connectivity index (χ4v) is 3.59. The summed E-state index contributed by atoms with van der Waals surface area (Å²) in [6.07, 6.45) is 0.435. The predicted molar refractivity (Wildman–Crippen MR) is 110 cm³/mol. The predicted octanol–water partition coefficient (Wildman–Crippen LogP) is 3.22. The Balaban J connectivity index is 2.06. The van der Waals surface area contributed by atoms with E-state index in [1.165, 1.54) is 18.2 Å². The van der Waals surface area contributed by atoms with Gasteiger partial charge in [0.1, 0.15) is 0 Å². The second-order valence-corrected chi connectivity index (χ2v) is 8.47. The Morgan fingerprint density at radius 3 is 2.14 bits per heavy atom. The zero-order valence-corrected chi connectivity index (χ0v) is 17.0. The fraction of sp³-hybridized carbons (Fsp3) is 0.300. The molecule has 0 aliphatic heterocycles. The second kappa shape index (κ2) is 9.48. The molecule has 0 aliphatic rings. The number of carbonyl (C=O) groups is 2. The lowest BCUT2D eigenvalue weighted by Crippen LogP contribution is -2.23. The monoisotopic (exact) mass is 403 g/mol. The van der Waals surface area contributed by atoms with Crippen molar-refractivity contribution in [1.82, 2.24) is 4.72 Å². The van der Waals surface area contributed by atoms with Gasteiger partial charge in [-0.3, -0.25) is 9.59 Å². The fourth-order valence-electron chi connectivity index (χ4n) is 2.50. The number of anilines is 2. The van der Waals surface area contributed by atoms with Crippen molar-refractivity contribution in [2.45, 2.75) is 32.1 Å². The van der Waals surface area contributed by atoms with Gasteiger partial charge in [-0.05, 0) is 48.4 Å². The molecule has 0 saturated heterocycles. The van der Waals surface area contributed by atoms with Crippen molar-refractivity contribution in [2.24, 2.45) is 5.92 Å². The van der Waals surface area contributed by atoms with E-state index < -0.39 is 15.9 Å². The van der Waals surface area contributed by atoms with Crippen molar-refractivity contribution >= 4 is 33.2 Å². The minimum atomic E-state index is -3.64. The maximum Gasteiger partial charge on any atom is 0.255 e.